The van der Waals surface area contributed by atoms with Crippen molar-refractivity contribution in [2.24, 2.45) is 0 Å². The minimum Gasteiger partial charge on any atom is -0.449 e. The van der Waals surface area contributed by atoms with E-state index >= 15 is 0 Å². The van der Waals surface area contributed by atoms with Gasteiger partial charge in [0, 0.05) is 22.7 Å². The fourth-order valence-corrected chi connectivity index (χ4v) is 13.1. The summed E-state index contributed by atoms with van der Waals surface area (Å²) in [6.07, 6.45) is 7.94. The lowest BCUT2D eigenvalue weighted by Crippen LogP contribution is -2.27. The molecule has 1 heterocycles. The minimum absolute atomic E-state index is 0.329. The van der Waals surface area contributed by atoms with Gasteiger partial charge in [0.15, 0.2) is 23.0 Å². The Hall–Kier alpha value is -8.14. The third-order valence-corrected chi connectivity index (χ3v) is 15.3. The van der Waals surface area contributed by atoms with Crippen molar-refractivity contribution >= 4 is 17.1 Å². The Bertz CT molecular complexity index is 3570. The number of benzene rings is 9. The first-order valence-corrected chi connectivity index (χ1v) is 22.8. The van der Waals surface area contributed by atoms with Crippen molar-refractivity contribution in [1.82, 2.24) is 0 Å². The molecule has 0 saturated carbocycles. The maximum absolute atomic E-state index is 7.28. The summed E-state index contributed by atoms with van der Waals surface area (Å²) in [5.41, 5.74) is 21.5. The lowest BCUT2D eigenvalue weighted by molar-refractivity contribution is 0.361. The number of hydrogen-bond acceptors (Lipinski definition) is 3. The van der Waals surface area contributed by atoms with Gasteiger partial charge in [-0.05, 0) is 115 Å². The lowest BCUT2D eigenvalue weighted by Gasteiger charge is -2.34. The number of ether oxygens (including phenoxy) is 2. The van der Waals surface area contributed by atoms with Crippen LogP contribution in [-0.4, -0.2) is 0 Å². The van der Waals surface area contributed by atoms with E-state index in [0.717, 1.165) is 34.8 Å². The van der Waals surface area contributed by atoms with E-state index in [9.17, 15) is 0 Å². The van der Waals surface area contributed by atoms with Crippen molar-refractivity contribution in [1.29, 1.82) is 0 Å². The monoisotopic (exact) mass is 829 g/mol. The molecule has 0 saturated heterocycles. The highest BCUT2D eigenvalue weighted by molar-refractivity contribution is 6.02. The Balaban J connectivity index is 0.936. The highest BCUT2D eigenvalue weighted by atomic mass is 16.6. The van der Waals surface area contributed by atoms with Crippen molar-refractivity contribution in [3.8, 4) is 56.4 Å². The molecule has 1 aliphatic heterocycles. The summed E-state index contributed by atoms with van der Waals surface area (Å²) in [5, 5.41) is 0. The topological polar surface area (TPSA) is 21.7 Å². The summed E-state index contributed by atoms with van der Waals surface area (Å²) in [4.78, 5) is 2.38. The summed E-state index contributed by atoms with van der Waals surface area (Å²) >= 11 is 0. The summed E-state index contributed by atoms with van der Waals surface area (Å²) in [6.45, 7) is 0. The number of allylic oxidation sites excluding steroid dienone is 4. The van der Waals surface area contributed by atoms with Crippen molar-refractivity contribution < 1.29 is 9.47 Å². The molecule has 0 amide bonds. The molecule has 0 aromatic heterocycles. The fourth-order valence-electron chi connectivity index (χ4n) is 13.1. The van der Waals surface area contributed by atoms with Gasteiger partial charge in [-0.2, -0.15) is 0 Å². The van der Waals surface area contributed by atoms with Crippen molar-refractivity contribution in [2.45, 2.75) is 23.2 Å². The van der Waals surface area contributed by atoms with E-state index in [1.165, 1.54) is 77.9 Å². The predicted molar refractivity (Wildman–Crippen MR) is 260 cm³/mol. The first-order chi connectivity index (χ1) is 32.3. The zero-order valence-electron chi connectivity index (χ0n) is 35.3. The second-order valence-electron chi connectivity index (χ2n) is 18.1. The predicted octanol–water partition coefficient (Wildman–Crippen LogP) is 15.7. The molecule has 5 aliphatic carbocycles. The smallest absolute Gasteiger partial charge is 0.194 e. The van der Waals surface area contributed by atoms with Crippen molar-refractivity contribution in [3.63, 3.8) is 0 Å². The SMILES string of the molecule is C1=CCC2C(=C1)C1(c3ccccc3-c3c1ccc1c3Oc3cccc(N(c4ccccc4)c4cccc5c4-c4ccccc4C54c5ccccc5-c5ccccc54)c3O1)c1ccccc12. The van der Waals surface area contributed by atoms with Crippen LogP contribution in [0.2, 0.25) is 0 Å². The van der Waals surface area contributed by atoms with Crippen LogP contribution in [-0.2, 0) is 10.8 Å². The molecule has 6 aliphatic rings. The highest BCUT2D eigenvalue weighted by Gasteiger charge is 2.56. The van der Waals surface area contributed by atoms with Gasteiger partial charge in [0.2, 0.25) is 0 Å². The third kappa shape index (κ3) is 4.27. The van der Waals surface area contributed by atoms with Gasteiger partial charge in [0.25, 0.3) is 0 Å². The molecule has 9 aromatic carbocycles. The number of hydrogen-bond donors (Lipinski definition) is 0. The lowest BCUT2D eigenvalue weighted by atomic mass is 9.69. The van der Waals surface area contributed by atoms with E-state index < -0.39 is 10.8 Å². The van der Waals surface area contributed by atoms with Gasteiger partial charge in [-0.3, -0.25) is 0 Å². The maximum atomic E-state index is 7.28. The Morgan fingerprint density at radius 3 is 1.69 bits per heavy atom. The summed E-state index contributed by atoms with van der Waals surface area (Å²) in [5.74, 6) is 3.19. The molecule has 0 bridgehead atoms. The van der Waals surface area contributed by atoms with E-state index in [2.05, 4.69) is 223 Å². The first kappa shape index (κ1) is 35.3. The average molecular weight is 830 g/mol. The van der Waals surface area contributed by atoms with Crippen LogP contribution >= 0.6 is 0 Å². The number of nitrogens with zero attached hydrogens (tertiary/aromatic N) is 1. The Kier molecular flexibility index (Phi) is 6.93. The normalized spacial score (nSPS) is 18.4. The van der Waals surface area contributed by atoms with E-state index in [4.69, 9.17) is 9.47 Å². The van der Waals surface area contributed by atoms with Crippen LogP contribution in [0.25, 0.3) is 33.4 Å². The van der Waals surface area contributed by atoms with Gasteiger partial charge in [-0.25, -0.2) is 0 Å². The number of fused-ring (bicyclic) bond motifs is 23. The summed E-state index contributed by atoms with van der Waals surface area (Å²) in [6, 6.07) is 73.4. The Morgan fingerprint density at radius 2 is 0.938 bits per heavy atom. The third-order valence-electron chi connectivity index (χ3n) is 15.3. The Labute approximate surface area is 377 Å². The van der Waals surface area contributed by atoms with Gasteiger partial charge in [-0.15, -0.1) is 0 Å². The molecule has 15 rings (SSSR count). The van der Waals surface area contributed by atoms with E-state index in [-0.39, 0.29) is 0 Å². The van der Waals surface area contributed by atoms with Crippen LogP contribution in [0.15, 0.2) is 224 Å². The quantitative estimate of drug-likeness (QED) is 0.177. The van der Waals surface area contributed by atoms with Gasteiger partial charge in [0.05, 0.1) is 22.2 Å². The molecule has 0 radical (unpaired) electrons. The van der Waals surface area contributed by atoms with Crippen molar-refractivity contribution in [2.75, 3.05) is 4.90 Å². The van der Waals surface area contributed by atoms with Gasteiger partial charge < -0.3 is 14.4 Å². The van der Waals surface area contributed by atoms with E-state index in [1.54, 1.807) is 0 Å². The maximum Gasteiger partial charge on any atom is 0.194 e. The molecule has 304 valence electrons. The van der Waals surface area contributed by atoms with E-state index in [0.29, 0.717) is 23.2 Å². The standard InChI is InChI=1S/C62H39NO2/c1-2-18-38(19-3-1)63(53-33-16-32-51-57(53)43-24-8-14-30-49(43)61(51)45-26-10-4-20-39(45)40-21-5-11-27-46(40)61)54-34-17-35-55-59(54)64-56-37-36-52-58(60(56)65-55)44-25-9-15-31-50(44)62(52)47-28-12-6-22-41(47)42-23-7-13-29-48(42)62/h1-22,24-37,42H,23H2. The molecule has 9 aromatic rings. The molecule has 65 heavy (non-hydrogen) atoms. The zero-order valence-corrected chi connectivity index (χ0v) is 35.3. The minimum atomic E-state index is -0.468. The van der Waals surface area contributed by atoms with E-state index in [1.807, 2.05) is 0 Å². The number of rotatable bonds is 3. The second kappa shape index (κ2) is 12.7. The molecule has 2 unspecified atom stereocenters. The van der Waals surface area contributed by atoms with Gasteiger partial charge in [-0.1, -0.05) is 182 Å². The van der Waals surface area contributed by atoms with Crippen LogP contribution in [0.4, 0.5) is 17.1 Å². The van der Waals surface area contributed by atoms with Gasteiger partial charge in [0.1, 0.15) is 0 Å². The average Bonchev–Trinajstić information content (AvgIpc) is 4.06. The molecule has 3 nitrogen and oxygen atoms in total. The zero-order chi connectivity index (χ0) is 42.4. The van der Waals surface area contributed by atoms with Crippen LogP contribution in [0.1, 0.15) is 56.8 Å². The van der Waals surface area contributed by atoms with Crippen LogP contribution in [0.3, 0.4) is 0 Å². The molecular formula is C62H39NO2. The molecule has 3 heteroatoms. The fraction of sp³-hybridized carbons (Fsp3) is 0.0645. The number of para-hydroxylation sites is 2. The molecule has 2 atom stereocenters. The number of anilines is 3. The summed E-state index contributed by atoms with van der Waals surface area (Å²) < 4.78 is 14.6. The largest absolute Gasteiger partial charge is 0.449 e. The molecule has 0 fully saturated rings. The molecular weight excluding hydrogens is 791 g/mol. The van der Waals surface area contributed by atoms with Crippen LogP contribution < -0.4 is 14.4 Å². The summed E-state index contributed by atoms with van der Waals surface area (Å²) in [7, 11) is 0. The Morgan fingerprint density at radius 1 is 0.400 bits per heavy atom. The van der Waals surface area contributed by atoms with Crippen LogP contribution in [0.5, 0.6) is 23.0 Å². The van der Waals surface area contributed by atoms with Gasteiger partial charge >= 0.3 is 0 Å². The second-order valence-corrected chi connectivity index (χ2v) is 18.1. The molecule has 2 spiro atoms. The molecule has 0 N–H and O–H groups in total. The van der Waals surface area contributed by atoms with Crippen molar-refractivity contribution in [3.05, 3.63) is 268 Å². The van der Waals surface area contributed by atoms with Crippen LogP contribution in [0, 0.1) is 0 Å². The highest BCUT2D eigenvalue weighted by Crippen LogP contribution is 2.69. The first-order valence-electron chi connectivity index (χ1n) is 22.8.